The molecule has 1 aliphatic rings. The molecule has 0 aromatic carbocycles. The van der Waals surface area contributed by atoms with Gasteiger partial charge in [0.1, 0.15) is 11.3 Å². The molecule has 0 radical (unpaired) electrons. The van der Waals surface area contributed by atoms with Crippen molar-refractivity contribution in [3.8, 4) is 0 Å². The highest BCUT2D eigenvalue weighted by Gasteiger charge is 2.30. The van der Waals surface area contributed by atoms with Crippen LogP contribution in [0, 0.1) is 0 Å². The smallest absolute Gasteiger partial charge is 0.323 e. The third-order valence-electron chi connectivity index (χ3n) is 1.25. The van der Waals surface area contributed by atoms with Crippen molar-refractivity contribution in [3.63, 3.8) is 0 Å². The van der Waals surface area contributed by atoms with Gasteiger partial charge in [0.2, 0.25) is 5.91 Å². The molecule has 0 saturated carbocycles. The minimum atomic E-state index is -1.00. The molecule has 11 heavy (non-hydrogen) atoms. The second-order valence-electron chi connectivity index (χ2n) is 2.05. The maximum Gasteiger partial charge on any atom is 0.323 e. The maximum atomic E-state index is 10.9. The van der Waals surface area contributed by atoms with Crippen LogP contribution in [0.2, 0.25) is 0 Å². The van der Waals surface area contributed by atoms with Gasteiger partial charge in [-0.3, -0.25) is 9.59 Å². The van der Waals surface area contributed by atoms with Crippen molar-refractivity contribution < 1.29 is 14.7 Å². The summed E-state index contributed by atoms with van der Waals surface area (Å²) in [6.07, 6.45) is 0. The molecule has 1 atom stereocenters. The molecule has 1 fully saturated rings. The number of amides is 1. The summed E-state index contributed by atoms with van der Waals surface area (Å²) in [5, 5.41) is 8.37. The largest absolute Gasteiger partial charge is 0.480 e. The average Bonchev–Trinajstić information content (AvgIpc) is 2.18. The molecule has 6 heteroatoms. The van der Waals surface area contributed by atoms with E-state index in [1.165, 1.54) is 16.7 Å². The van der Waals surface area contributed by atoms with E-state index in [0.717, 1.165) is 0 Å². The van der Waals surface area contributed by atoms with Gasteiger partial charge in [-0.1, -0.05) is 0 Å². The molecule has 1 aliphatic heterocycles. The predicted octanol–water partition coefficient (Wildman–Crippen LogP) is -0.140. The van der Waals surface area contributed by atoms with Gasteiger partial charge in [-0.2, -0.15) is 0 Å². The van der Waals surface area contributed by atoms with Crippen LogP contribution in [-0.2, 0) is 9.59 Å². The molecule has 4 nitrogen and oxygen atoms in total. The van der Waals surface area contributed by atoms with Crippen LogP contribution in [-0.4, -0.2) is 38.9 Å². The van der Waals surface area contributed by atoms with E-state index in [1.807, 2.05) is 0 Å². The first kappa shape index (κ1) is 8.73. The number of thiol groups is 1. The quantitative estimate of drug-likeness (QED) is 0.599. The standard InChI is InChI=1S/C5H7NO3S2/c7-3-2-11-5(10)6(3)1-4(8)9/h5,10H,1-2H2,(H,8,9). The van der Waals surface area contributed by atoms with Crippen LogP contribution in [0.5, 0.6) is 0 Å². The first-order valence-corrected chi connectivity index (χ1v) is 4.48. The number of thioether (sulfide) groups is 1. The fourth-order valence-corrected chi connectivity index (χ4v) is 2.02. The van der Waals surface area contributed by atoms with Crippen molar-refractivity contribution >= 4 is 36.3 Å². The van der Waals surface area contributed by atoms with Gasteiger partial charge in [-0.05, 0) is 0 Å². The molecular formula is C5H7NO3S2. The van der Waals surface area contributed by atoms with E-state index >= 15 is 0 Å². The van der Waals surface area contributed by atoms with Gasteiger partial charge >= 0.3 is 5.97 Å². The molecule has 0 aromatic rings. The highest BCUT2D eigenvalue weighted by atomic mass is 32.2. The Bertz CT molecular complexity index is 196. The number of nitrogens with zero attached hydrogens (tertiary/aromatic N) is 1. The molecule has 1 heterocycles. The van der Waals surface area contributed by atoms with Crippen molar-refractivity contribution in [3.05, 3.63) is 0 Å². The molecule has 1 saturated heterocycles. The number of carbonyl (C=O) groups is 2. The van der Waals surface area contributed by atoms with Crippen LogP contribution in [0.3, 0.4) is 0 Å². The van der Waals surface area contributed by atoms with Gasteiger partial charge in [-0.25, -0.2) is 0 Å². The Morgan fingerprint density at radius 3 is 2.91 bits per heavy atom. The Labute approximate surface area is 73.3 Å². The monoisotopic (exact) mass is 193 g/mol. The molecule has 0 spiro atoms. The summed E-state index contributed by atoms with van der Waals surface area (Å²) >= 11 is 5.36. The van der Waals surface area contributed by atoms with Crippen molar-refractivity contribution in [1.29, 1.82) is 0 Å². The van der Waals surface area contributed by atoms with Crippen LogP contribution < -0.4 is 0 Å². The Hall–Kier alpha value is -0.360. The van der Waals surface area contributed by atoms with Crippen LogP contribution in [0.15, 0.2) is 0 Å². The van der Waals surface area contributed by atoms with E-state index in [0.29, 0.717) is 5.75 Å². The molecule has 0 bridgehead atoms. The number of hydrogen-bond donors (Lipinski definition) is 2. The average molecular weight is 193 g/mol. The summed E-state index contributed by atoms with van der Waals surface area (Å²) in [4.78, 5) is 22.4. The first-order valence-electron chi connectivity index (χ1n) is 2.92. The summed E-state index contributed by atoms with van der Waals surface area (Å²) in [5.74, 6) is -0.821. The first-order chi connectivity index (χ1) is 5.11. The molecule has 0 aliphatic carbocycles. The van der Waals surface area contributed by atoms with Crippen LogP contribution in [0.4, 0.5) is 0 Å². The van der Waals surface area contributed by atoms with Gasteiger partial charge in [0.15, 0.2) is 0 Å². The highest BCUT2D eigenvalue weighted by molar-refractivity contribution is 8.11. The van der Waals surface area contributed by atoms with E-state index in [2.05, 4.69) is 12.6 Å². The topological polar surface area (TPSA) is 57.6 Å². The second-order valence-corrected chi connectivity index (χ2v) is 3.96. The van der Waals surface area contributed by atoms with E-state index in [9.17, 15) is 9.59 Å². The Morgan fingerprint density at radius 1 is 1.91 bits per heavy atom. The van der Waals surface area contributed by atoms with Gasteiger partial charge in [-0.15, -0.1) is 24.4 Å². The number of hydrogen-bond acceptors (Lipinski definition) is 4. The molecule has 0 aromatic heterocycles. The number of carboxylic acid groups (broad SMARTS) is 1. The summed E-state index contributed by atoms with van der Waals surface area (Å²) in [6, 6.07) is 0. The second kappa shape index (κ2) is 3.36. The summed E-state index contributed by atoms with van der Waals surface area (Å²) in [6.45, 7) is -0.250. The lowest BCUT2D eigenvalue weighted by Crippen LogP contribution is -2.34. The maximum absolute atomic E-state index is 10.9. The highest BCUT2D eigenvalue weighted by Crippen LogP contribution is 2.26. The zero-order valence-electron chi connectivity index (χ0n) is 5.56. The van der Waals surface area contributed by atoms with Gasteiger partial charge < -0.3 is 10.0 Å². The number of aliphatic carboxylic acids is 1. The number of rotatable bonds is 2. The third kappa shape index (κ3) is 2.03. The minimum Gasteiger partial charge on any atom is -0.480 e. The van der Waals surface area contributed by atoms with Crippen LogP contribution in [0.1, 0.15) is 0 Å². The van der Waals surface area contributed by atoms with Gasteiger partial charge in [0, 0.05) is 0 Å². The molecule has 1 rings (SSSR count). The van der Waals surface area contributed by atoms with E-state index in [1.54, 1.807) is 0 Å². The molecular weight excluding hydrogens is 186 g/mol. The SMILES string of the molecule is O=C(O)CN1C(=O)CSC1S. The molecule has 1 unspecified atom stereocenters. The summed E-state index contributed by atoms with van der Waals surface area (Å²) in [7, 11) is 0. The fraction of sp³-hybridized carbons (Fsp3) is 0.600. The van der Waals surface area contributed by atoms with Crippen molar-refractivity contribution in [1.82, 2.24) is 4.90 Å². The Kier molecular flexibility index (Phi) is 2.67. The lowest BCUT2D eigenvalue weighted by molar-refractivity contribution is -0.142. The van der Waals surface area contributed by atoms with Crippen LogP contribution >= 0.6 is 24.4 Å². The lowest BCUT2D eigenvalue weighted by atomic mass is 10.5. The normalized spacial score (nSPS) is 24.3. The third-order valence-corrected chi connectivity index (χ3v) is 2.94. The van der Waals surface area contributed by atoms with E-state index < -0.39 is 5.97 Å². The fourth-order valence-electron chi connectivity index (χ4n) is 0.754. The molecule has 1 amide bonds. The van der Waals surface area contributed by atoms with Crippen molar-refractivity contribution in [2.45, 2.75) is 4.71 Å². The summed E-state index contributed by atoms with van der Waals surface area (Å²) < 4.78 is -0.293. The predicted molar refractivity (Wildman–Crippen MR) is 44.6 cm³/mol. The van der Waals surface area contributed by atoms with E-state index in [-0.39, 0.29) is 17.2 Å². The van der Waals surface area contributed by atoms with Crippen LogP contribution in [0.25, 0.3) is 0 Å². The minimum absolute atomic E-state index is 0.155. The lowest BCUT2D eigenvalue weighted by Gasteiger charge is -2.16. The van der Waals surface area contributed by atoms with Gasteiger partial charge in [0.05, 0.1) is 5.75 Å². The zero-order valence-corrected chi connectivity index (χ0v) is 7.27. The Morgan fingerprint density at radius 2 is 2.55 bits per heavy atom. The van der Waals surface area contributed by atoms with E-state index in [4.69, 9.17) is 5.11 Å². The Balaban J connectivity index is 2.54. The van der Waals surface area contributed by atoms with Crippen molar-refractivity contribution in [2.75, 3.05) is 12.3 Å². The number of carbonyl (C=O) groups excluding carboxylic acids is 1. The molecule has 62 valence electrons. The zero-order chi connectivity index (χ0) is 8.43. The summed E-state index contributed by atoms with van der Waals surface area (Å²) in [5.41, 5.74) is 0. The van der Waals surface area contributed by atoms with Crippen molar-refractivity contribution in [2.24, 2.45) is 0 Å². The molecule has 1 N–H and O–H groups in total. The number of carboxylic acids is 1. The van der Waals surface area contributed by atoms with Gasteiger partial charge in [0.25, 0.3) is 0 Å².